The van der Waals surface area contributed by atoms with Crippen molar-refractivity contribution in [1.82, 2.24) is 0 Å². The fourth-order valence-corrected chi connectivity index (χ4v) is 2.43. The molecule has 3 nitrogen and oxygen atoms in total. The molecule has 0 spiro atoms. The number of alkyl halides is 3. The van der Waals surface area contributed by atoms with Crippen LogP contribution in [0.2, 0.25) is 0 Å². The van der Waals surface area contributed by atoms with Gasteiger partial charge in [-0.2, -0.15) is 13.2 Å². The van der Waals surface area contributed by atoms with Crippen molar-refractivity contribution in [3.05, 3.63) is 0 Å². The van der Waals surface area contributed by atoms with E-state index in [9.17, 15) is 17.7 Å². The fourth-order valence-electron chi connectivity index (χ4n) is 0.808. The summed E-state index contributed by atoms with van der Waals surface area (Å²) in [7, 11) is -3.54. The lowest BCUT2D eigenvalue weighted by Crippen LogP contribution is -2.17. The van der Waals surface area contributed by atoms with Crippen molar-refractivity contribution < 1.29 is 26.8 Å². The Morgan fingerprint density at radius 3 is 2.14 bits per heavy atom. The summed E-state index contributed by atoms with van der Waals surface area (Å²) in [6.07, 6.45) is -4.01. The highest BCUT2D eigenvalue weighted by molar-refractivity contribution is 7.53. The molecular formula is C7H14F3O3P. The summed E-state index contributed by atoms with van der Waals surface area (Å²) in [6.45, 7) is 1.81. The first-order valence-corrected chi connectivity index (χ1v) is 6.00. The van der Waals surface area contributed by atoms with Gasteiger partial charge in [0, 0.05) is 6.16 Å². The molecular weight excluding hydrogens is 220 g/mol. The van der Waals surface area contributed by atoms with E-state index in [1.54, 1.807) is 13.8 Å². The number of hydrogen-bond donors (Lipinski definition) is 0. The van der Waals surface area contributed by atoms with Crippen LogP contribution in [0, 0.1) is 0 Å². The molecule has 0 aliphatic rings. The Morgan fingerprint density at radius 1 is 1.21 bits per heavy atom. The van der Waals surface area contributed by atoms with Gasteiger partial charge in [0.2, 0.25) is 0 Å². The van der Waals surface area contributed by atoms with E-state index in [-0.39, 0.29) is 12.8 Å². The molecule has 0 saturated heterocycles. The van der Waals surface area contributed by atoms with Gasteiger partial charge in [-0.25, -0.2) is 0 Å². The Hall–Kier alpha value is -0.0600. The van der Waals surface area contributed by atoms with Crippen molar-refractivity contribution in [2.45, 2.75) is 26.4 Å². The predicted octanol–water partition coefficient (Wildman–Crippen LogP) is 3.20. The Kier molecular flexibility index (Phi) is 5.71. The van der Waals surface area contributed by atoms with Crippen LogP contribution < -0.4 is 0 Å². The molecule has 0 rings (SSSR count). The van der Waals surface area contributed by atoms with Crippen LogP contribution in [0.15, 0.2) is 0 Å². The van der Waals surface area contributed by atoms with Gasteiger partial charge in [0.25, 0.3) is 0 Å². The smallest absolute Gasteiger partial charge is 0.309 e. The Morgan fingerprint density at radius 2 is 1.79 bits per heavy atom. The van der Waals surface area contributed by atoms with Crippen molar-refractivity contribution in [1.29, 1.82) is 0 Å². The number of hydrogen-bond acceptors (Lipinski definition) is 3. The molecule has 86 valence electrons. The van der Waals surface area contributed by atoms with Gasteiger partial charge in [-0.1, -0.05) is 6.92 Å². The van der Waals surface area contributed by atoms with E-state index < -0.39 is 20.4 Å². The molecule has 0 radical (unpaired) electrons. The topological polar surface area (TPSA) is 35.5 Å². The minimum absolute atomic E-state index is 0.0108. The van der Waals surface area contributed by atoms with Crippen LogP contribution in [0.1, 0.15) is 20.3 Å². The molecule has 0 fully saturated rings. The van der Waals surface area contributed by atoms with Crippen LogP contribution in [0.5, 0.6) is 0 Å². The van der Waals surface area contributed by atoms with Crippen molar-refractivity contribution in [2.24, 2.45) is 0 Å². The molecule has 14 heavy (non-hydrogen) atoms. The lowest BCUT2D eigenvalue weighted by molar-refractivity contribution is -0.155. The standard InChI is InChI=1S/C7H14F3O3P/c1-3-5-14(11,12-4-2)13-6-7(8,9)10/h3-6H2,1-2H3. The van der Waals surface area contributed by atoms with Gasteiger partial charge in [-0.05, 0) is 13.3 Å². The van der Waals surface area contributed by atoms with Crippen molar-refractivity contribution in [3.63, 3.8) is 0 Å². The molecule has 0 aromatic rings. The van der Waals surface area contributed by atoms with Crippen molar-refractivity contribution in [2.75, 3.05) is 19.4 Å². The molecule has 0 aromatic carbocycles. The second kappa shape index (κ2) is 5.73. The quantitative estimate of drug-likeness (QED) is 0.662. The number of rotatable bonds is 6. The highest BCUT2D eigenvalue weighted by atomic mass is 31.2. The number of halogens is 3. The molecule has 0 aliphatic heterocycles. The predicted molar refractivity (Wildman–Crippen MR) is 46.4 cm³/mol. The molecule has 1 unspecified atom stereocenters. The maximum Gasteiger partial charge on any atom is 0.412 e. The highest BCUT2D eigenvalue weighted by Crippen LogP contribution is 2.49. The van der Waals surface area contributed by atoms with Gasteiger partial charge in [-0.15, -0.1) is 0 Å². The summed E-state index contributed by atoms with van der Waals surface area (Å²) in [5.74, 6) is 0. The Labute approximate surface area is 81.1 Å². The third-order valence-corrected chi connectivity index (χ3v) is 3.42. The lowest BCUT2D eigenvalue weighted by atomic mass is 10.6. The second-order valence-electron chi connectivity index (χ2n) is 2.64. The van der Waals surface area contributed by atoms with E-state index in [4.69, 9.17) is 4.52 Å². The largest absolute Gasteiger partial charge is 0.412 e. The van der Waals surface area contributed by atoms with Gasteiger partial charge in [0.1, 0.15) is 0 Å². The van der Waals surface area contributed by atoms with E-state index in [0.29, 0.717) is 6.42 Å². The second-order valence-corrected chi connectivity index (χ2v) is 4.83. The third-order valence-electron chi connectivity index (χ3n) is 1.25. The first-order valence-electron chi connectivity index (χ1n) is 4.28. The third kappa shape index (κ3) is 6.40. The molecule has 0 aliphatic carbocycles. The van der Waals surface area contributed by atoms with E-state index >= 15 is 0 Å². The van der Waals surface area contributed by atoms with Gasteiger partial charge in [0.05, 0.1) is 6.61 Å². The molecule has 0 amide bonds. The average molecular weight is 234 g/mol. The van der Waals surface area contributed by atoms with E-state index in [0.717, 1.165) is 0 Å². The summed E-state index contributed by atoms with van der Waals surface area (Å²) in [5, 5.41) is 0. The Bertz CT molecular complexity index is 195. The van der Waals surface area contributed by atoms with Crippen LogP contribution in [0.25, 0.3) is 0 Å². The first kappa shape index (κ1) is 13.9. The van der Waals surface area contributed by atoms with Gasteiger partial charge in [0.15, 0.2) is 6.61 Å². The molecule has 0 aromatic heterocycles. The van der Waals surface area contributed by atoms with Crippen LogP contribution >= 0.6 is 7.60 Å². The monoisotopic (exact) mass is 234 g/mol. The van der Waals surface area contributed by atoms with Crippen molar-refractivity contribution >= 4 is 7.60 Å². The fraction of sp³-hybridized carbons (Fsp3) is 1.00. The van der Waals surface area contributed by atoms with E-state index in [1.807, 2.05) is 0 Å². The zero-order valence-electron chi connectivity index (χ0n) is 8.13. The maximum atomic E-state index is 11.8. The average Bonchev–Trinajstić information content (AvgIpc) is 2.01. The molecule has 0 saturated carbocycles. The van der Waals surface area contributed by atoms with E-state index in [2.05, 4.69) is 4.52 Å². The van der Waals surface area contributed by atoms with Gasteiger partial charge >= 0.3 is 13.8 Å². The molecule has 0 bridgehead atoms. The minimum Gasteiger partial charge on any atom is -0.309 e. The summed E-state index contributed by atoms with van der Waals surface area (Å²) in [5.41, 5.74) is 0. The molecule has 1 atom stereocenters. The molecule has 0 N–H and O–H groups in total. The van der Waals surface area contributed by atoms with Crippen LogP contribution in [0.3, 0.4) is 0 Å². The minimum atomic E-state index is -4.47. The Balaban J connectivity index is 4.16. The van der Waals surface area contributed by atoms with Crippen LogP contribution in [-0.2, 0) is 13.6 Å². The molecule has 7 heteroatoms. The summed E-state index contributed by atoms with van der Waals surface area (Å²) in [6, 6.07) is 0. The van der Waals surface area contributed by atoms with Gasteiger partial charge in [-0.3, -0.25) is 9.09 Å². The van der Waals surface area contributed by atoms with Crippen LogP contribution in [0.4, 0.5) is 13.2 Å². The normalized spacial score (nSPS) is 16.6. The van der Waals surface area contributed by atoms with Gasteiger partial charge < -0.3 is 4.52 Å². The van der Waals surface area contributed by atoms with E-state index in [1.165, 1.54) is 0 Å². The summed E-state index contributed by atoms with van der Waals surface area (Å²) >= 11 is 0. The van der Waals surface area contributed by atoms with Crippen LogP contribution in [-0.4, -0.2) is 25.6 Å². The summed E-state index contributed by atoms with van der Waals surface area (Å²) in [4.78, 5) is 0. The lowest BCUT2D eigenvalue weighted by Gasteiger charge is -2.17. The molecule has 0 heterocycles. The summed E-state index contributed by atoms with van der Waals surface area (Å²) < 4.78 is 55.8. The highest BCUT2D eigenvalue weighted by Gasteiger charge is 2.33. The first-order chi connectivity index (χ1) is 6.33. The maximum absolute atomic E-state index is 11.8. The zero-order valence-corrected chi connectivity index (χ0v) is 9.03. The zero-order chi connectivity index (χ0) is 11.2. The van der Waals surface area contributed by atoms with Crippen molar-refractivity contribution in [3.8, 4) is 0 Å². The SMILES string of the molecule is CCCP(=O)(OCC)OCC(F)(F)F.